The Morgan fingerprint density at radius 3 is 2.51 bits per heavy atom. The molecule has 0 radical (unpaired) electrons. The van der Waals surface area contributed by atoms with Crippen molar-refractivity contribution < 1.29 is 17.9 Å². The number of carbonyl (C=O) groups is 1. The smallest absolute Gasteiger partial charge is 0.270 e. The Morgan fingerprint density at radius 1 is 1.19 bits per heavy atom. The van der Waals surface area contributed by atoms with Gasteiger partial charge in [0.05, 0.1) is 36.4 Å². The van der Waals surface area contributed by atoms with Crippen molar-refractivity contribution in [1.29, 1.82) is 0 Å². The molecule has 0 bridgehead atoms. The fourth-order valence-corrected chi connectivity index (χ4v) is 6.01. The highest BCUT2D eigenvalue weighted by Crippen LogP contribution is 2.46. The van der Waals surface area contributed by atoms with Gasteiger partial charge in [-0.05, 0) is 67.1 Å². The minimum atomic E-state index is -3.54. The molecule has 198 valence electrons. The number of fused-ring (bicyclic) bond motifs is 1. The molecule has 2 fully saturated rings. The number of anilines is 1. The molecule has 0 spiro atoms. The molecule has 1 saturated heterocycles. The van der Waals surface area contributed by atoms with Crippen LogP contribution in [0, 0.1) is 0 Å². The fourth-order valence-electron chi connectivity index (χ4n) is 4.91. The predicted molar refractivity (Wildman–Crippen MR) is 146 cm³/mol. The third kappa shape index (κ3) is 5.62. The van der Waals surface area contributed by atoms with Crippen LogP contribution in [0.2, 0.25) is 5.02 Å². The van der Waals surface area contributed by atoms with Gasteiger partial charge in [-0.25, -0.2) is 13.1 Å². The molecule has 0 atom stereocenters. The quantitative estimate of drug-likeness (QED) is 0.443. The zero-order valence-electron chi connectivity index (χ0n) is 21.1. The minimum absolute atomic E-state index is 0.263. The van der Waals surface area contributed by atoms with Gasteiger partial charge < -0.3 is 10.1 Å². The van der Waals surface area contributed by atoms with Gasteiger partial charge in [-0.2, -0.15) is 5.10 Å². The zero-order chi connectivity index (χ0) is 26.2. The van der Waals surface area contributed by atoms with Crippen molar-refractivity contribution in [3.8, 4) is 5.69 Å². The molecule has 37 heavy (non-hydrogen) atoms. The second-order valence-corrected chi connectivity index (χ2v) is 12.0. The van der Waals surface area contributed by atoms with Crippen LogP contribution in [0.5, 0.6) is 0 Å². The van der Waals surface area contributed by atoms with Crippen LogP contribution in [0.4, 0.5) is 5.69 Å². The summed E-state index contributed by atoms with van der Waals surface area (Å²) in [6.45, 7) is 4.33. The highest BCUT2D eigenvalue weighted by molar-refractivity contribution is 7.92. The maximum absolute atomic E-state index is 13.0. The number of halogens is 1. The highest BCUT2D eigenvalue weighted by atomic mass is 35.5. The van der Waals surface area contributed by atoms with Crippen molar-refractivity contribution in [2.24, 2.45) is 0 Å². The Bertz CT molecular complexity index is 1400. The second kappa shape index (κ2) is 10.6. The number of carbonyl (C=O) groups excluding carboxylic acids is 1. The summed E-state index contributed by atoms with van der Waals surface area (Å²) in [4.78, 5) is 15.3. The molecular formula is C26H32ClN5O4S. The average molecular weight is 546 g/mol. The predicted octanol–water partition coefficient (Wildman–Crippen LogP) is 3.40. The minimum Gasteiger partial charge on any atom is -0.379 e. The van der Waals surface area contributed by atoms with E-state index in [-0.39, 0.29) is 11.8 Å². The molecule has 1 aliphatic carbocycles. The highest BCUT2D eigenvalue weighted by Gasteiger charge is 2.32. The molecule has 3 aromatic rings. The molecule has 2 heterocycles. The molecular weight excluding hydrogens is 514 g/mol. The summed E-state index contributed by atoms with van der Waals surface area (Å²) in [5, 5.41) is 8.75. The number of nitrogens with one attached hydrogen (secondary N) is 1. The number of nitrogens with zero attached hydrogens (tertiary/aromatic N) is 4. The molecule has 5 rings (SSSR count). The van der Waals surface area contributed by atoms with Gasteiger partial charge in [-0.15, -0.1) is 0 Å². The van der Waals surface area contributed by atoms with Crippen LogP contribution in [0.25, 0.3) is 16.6 Å². The van der Waals surface area contributed by atoms with E-state index < -0.39 is 10.0 Å². The lowest BCUT2D eigenvalue weighted by Gasteiger charge is -2.29. The number of sulfonamides is 1. The van der Waals surface area contributed by atoms with Crippen molar-refractivity contribution in [1.82, 2.24) is 20.0 Å². The van der Waals surface area contributed by atoms with Crippen molar-refractivity contribution in [2.75, 3.05) is 57.0 Å². The summed E-state index contributed by atoms with van der Waals surface area (Å²) in [6.07, 6.45) is 3.94. The van der Waals surface area contributed by atoms with E-state index in [1.165, 1.54) is 10.6 Å². The van der Waals surface area contributed by atoms with E-state index in [0.29, 0.717) is 59.2 Å². The molecule has 1 N–H and O–H groups in total. The lowest BCUT2D eigenvalue weighted by atomic mass is 10.0. The lowest BCUT2D eigenvalue weighted by Crippen LogP contribution is -2.39. The van der Waals surface area contributed by atoms with Crippen molar-refractivity contribution in [3.63, 3.8) is 0 Å². The van der Waals surface area contributed by atoms with Crippen molar-refractivity contribution in [2.45, 2.75) is 25.2 Å². The third-order valence-corrected chi connectivity index (χ3v) is 8.39. The van der Waals surface area contributed by atoms with Gasteiger partial charge in [0.25, 0.3) is 5.91 Å². The van der Waals surface area contributed by atoms with Crippen molar-refractivity contribution >= 4 is 44.1 Å². The number of rotatable bonds is 9. The van der Waals surface area contributed by atoms with Gasteiger partial charge in [-0.3, -0.25) is 14.0 Å². The molecule has 1 saturated carbocycles. The van der Waals surface area contributed by atoms with Gasteiger partial charge >= 0.3 is 0 Å². The van der Waals surface area contributed by atoms with E-state index in [1.54, 1.807) is 36.0 Å². The maximum Gasteiger partial charge on any atom is 0.270 e. The number of hydrogen-bond donors (Lipinski definition) is 1. The Balaban J connectivity index is 1.57. The summed E-state index contributed by atoms with van der Waals surface area (Å²) in [7, 11) is -1.95. The van der Waals surface area contributed by atoms with Crippen LogP contribution in [0.15, 0.2) is 36.4 Å². The fraction of sp³-hybridized carbons (Fsp3) is 0.462. The molecule has 1 aliphatic heterocycles. The number of amides is 1. The number of ether oxygens (including phenoxy) is 1. The van der Waals surface area contributed by atoms with E-state index in [9.17, 15) is 13.2 Å². The molecule has 11 heteroatoms. The largest absolute Gasteiger partial charge is 0.379 e. The van der Waals surface area contributed by atoms with Crippen LogP contribution >= 0.6 is 11.6 Å². The van der Waals surface area contributed by atoms with Crippen molar-refractivity contribution in [3.05, 3.63) is 52.7 Å². The molecule has 2 aliphatic rings. The van der Waals surface area contributed by atoms with Crippen LogP contribution in [0.3, 0.4) is 0 Å². The monoisotopic (exact) mass is 545 g/mol. The summed E-state index contributed by atoms with van der Waals surface area (Å²) in [6, 6.07) is 10.9. The standard InChI is InChI=1S/C26H32ClN5O4S/c1-28-26(33)25-22-16-21(18-4-5-18)24(17-23(22)29-32(25)20-8-6-19(27)7-9-20)31(37(2,34)35)11-3-10-30-12-14-36-15-13-30/h6-9,16-18H,3-5,10-15H2,1-2H3,(H,28,33). The third-order valence-electron chi connectivity index (χ3n) is 6.96. The SMILES string of the molecule is CNC(=O)c1c2cc(C3CC3)c(N(CCCN3CCOCC3)S(C)(=O)=O)cc2nn1-c1ccc(Cl)cc1. The number of benzene rings is 2. The zero-order valence-corrected chi connectivity index (χ0v) is 22.7. The van der Waals surface area contributed by atoms with Gasteiger partial charge in [0.1, 0.15) is 5.69 Å². The summed E-state index contributed by atoms with van der Waals surface area (Å²) in [5.74, 6) is -0.00302. The number of hydrogen-bond acceptors (Lipinski definition) is 6. The van der Waals surface area contributed by atoms with Gasteiger partial charge in [-0.1, -0.05) is 11.6 Å². The van der Waals surface area contributed by atoms with E-state index in [0.717, 1.165) is 38.0 Å². The molecule has 0 unspecified atom stereocenters. The Hall–Kier alpha value is -2.66. The lowest BCUT2D eigenvalue weighted by molar-refractivity contribution is 0.0377. The summed E-state index contributed by atoms with van der Waals surface area (Å²) >= 11 is 6.08. The first-order valence-electron chi connectivity index (χ1n) is 12.6. The average Bonchev–Trinajstić information content (AvgIpc) is 3.66. The van der Waals surface area contributed by atoms with Crippen LogP contribution in [-0.2, 0) is 14.8 Å². The van der Waals surface area contributed by atoms with Crippen LogP contribution in [0.1, 0.15) is 41.2 Å². The molecule has 2 aromatic carbocycles. The first kappa shape index (κ1) is 26.0. The first-order valence-corrected chi connectivity index (χ1v) is 14.8. The van der Waals surface area contributed by atoms with E-state index in [1.807, 2.05) is 12.1 Å². The Kier molecular flexibility index (Phi) is 7.44. The van der Waals surface area contributed by atoms with E-state index in [2.05, 4.69) is 10.2 Å². The number of morpholine rings is 1. The van der Waals surface area contributed by atoms with Gasteiger partial charge in [0.15, 0.2) is 0 Å². The van der Waals surface area contributed by atoms with Crippen LogP contribution < -0.4 is 9.62 Å². The molecule has 1 amide bonds. The first-order chi connectivity index (χ1) is 17.8. The second-order valence-electron chi connectivity index (χ2n) is 9.66. The number of aromatic nitrogens is 2. The normalized spacial score (nSPS) is 16.7. The Labute approximate surface area is 222 Å². The van der Waals surface area contributed by atoms with Crippen LogP contribution in [-0.4, -0.2) is 81.7 Å². The molecule has 9 nitrogen and oxygen atoms in total. The van der Waals surface area contributed by atoms with Gasteiger partial charge in [0.2, 0.25) is 10.0 Å². The van der Waals surface area contributed by atoms with E-state index >= 15 is 0 Å². The maximum atomic E-state index is 13.0. The van der Waals surface area contributed by atoms with E-state index in [4.69, 9.17) is 21.4 Å². The topological polar surface area (TPSA) is 96.8 Å². The summed E-state index contributed by atoms with van der Waals surface area (Å²) in [5.41, 5.74) is 3.27. The van der Waals surface area contributed by atoms with Gasteiger partial charge in [0, 0.05) is 43.6 Å². The Morgan fingerprint density at radius 2 is 1.89 bits per heavy atom. The summed E-state index contributed by atoms with van der Waals surface area (Å²) < 4.78 is 34.6. The molecule has 1 aromatic heterocycles.